The summed E-state index contributed by atoms with van der Waals surface area (Å²) in [5.74, 6) is -0.210. The van der Waals surface area contributed by atoms with Gasteiger partial charge in [0.25, 0.3) is 0 Å². The number of piperazine rings is 1. The maximum absolute atomic E-state index is 14.6. The van der Waals surface area contributed by atoms with Crippen molar-refractivity contribution < 1.29 is 22.3 Å². The van der Waals surface area contributed by atoms with Gasteiger partial charge in [-0.25, -0.2) is 27.6 Å². The van der Waals surface area contributed by atoms with Gasteiger partial charge in [0.15, 0.2) is 9.84 Å². The molecule has 2 aromatic rings. The average molecular weight is 504 g/mol. The van der Waals surface area contributed by atoms with Gasteiger partial charge in [0.1, 0.15) is 23.6 Å². The Morgan fingerprint density at radius 1 is 1.20 bits per heavy atom. The number of sulfone groups is 1. The second kappa shape index (κ2) is 8.41. The Labute approximate surface area is 204 Å². The van der Waals surface area contributed by atoms with Gasteiger partial charge in [0.05, 0.1) is 16.3 Å². The molecule has 3 aliphatic rings. The van der Waals surface area contributed by atoms with Crippen LogP contribution in [-0.2, 0) is 21.1 Å². The SMILES string of the molecule is Cc1c(CN2CCN(C(=O)OC3(C)CC3)CC23CC3)ncnc1Nc1ccc(S(C)(=O)=O)cc1F. The Kier molecular flexibility index (Phi) is 5.75. The van der Waals surface area contributed by atoms with Crippen LogP contribution in [-0.4, -0.2) is 71.3 Å². The number of carbonyl (C=O) groups is 1. The Hall–Kier alpha value is -2.79. The maximum Gasteiger partial charge on any atom is 0.410 e. The van der Waals surface area contributed by atoms with Gasteiger partial charge in [0.2, 0.25) is 0 Å². The number of benzene rings is 1. The fourth-order valence-corrected chi connectivity index (χ4v) is 5.13. The van der Waals surface area contributed by atoms with Gasteiger partial charge in [-0.15, -0.1) is 0 Å². The zero-order valence-electron chi connectivity index (χ0n) is 20.2. The topological polar surface area (TPSA) is 105 Å². The molecule has 1 aromatic carbocycles. The molecule has 1 saturated heterocycles. The molecule has 0 bridgehead atoms. The van der Waals surface area contributed by atoms with Gasteiger partial charge >= 0.3 is 6.09 Å². The number of nitrogens with zero attached hydrogens (tertiary/aromatic N) is 4. The molecule has 0 unspecified atom stereocenters. The van der Waals surface area contributed by atoms with Crippen LogP contribution in [0.25, 0.3) is 0 Å². The van der Waals surface area contributed by atoms with Gasteiger partial charge in [-0.3, -0.25) is 4.90 Å². The molecule has 2 aliphatic carbocycles. The third-order valence-corrected chi connectivity index (χ3v) is 8.43. The largest absolute Gasteiger partial charge is 0.443 e. The maximum atomic E-state index is 14.6. The molecule has 1 aromatic heterocycles. The predicted molar refractivity (Wildman–Crippen MR) is 128 cm³/mol. The number of aromatic nitrogens is 2. The molecule has 1 aliphatic heterocycles. The van der Waals surface area contributed by atoms with E-state index in [0.29, 0.717) is 25.5 Å². The molecule has 5 rings (SSSR count). The number of amides is 1. The van der Waals surface area contributed by atoms with Gasteiger partial charge < -0.3 is 15.0 Å². The number of rotatable bonds is 6. The Balaban J connectivity index is 1.28. The number of halogens is 1. The van der Waals surface area contributed by atoms with Crippen molar-refractivity contribution in [1.82, 2.24) is 19.8 Å². The standard InChI is InChI=1S/C24H30FN5O4S/c1-16-20(26-15-27-21(16)28-19-5-4-17(12-18(19)25)35(3,32)33)13-30-11-10-29(14-24(30)8-9-24)22(31)34-23(2)6-7-23/h4-5,12,15H,6-11,13-14H2,1-3H3,(H,26,27,28). The van der Waals surface area contributed by atoms with E-state index in [0.717, 1.165) is 55.8 Å². The van der Waals surface area contributed by atoms with E-state index >= 15 is 0 Å². The first-order valence-corrected chi connectivity index (χ1v) is 13.7. The van der Waals surface area contributed by atoms with Crippen molar-refractivity contribution in [1.29, 1.82) is 0 Å². The first-order valence-electron chi connectivity index (χ1n) is 11.8. The Morgan fingerprint density at radius 3 is 2.57 bits per heavy atom. The van der Waals surface area contributed by atoms with Crippen molar-refractivity contribution in [3.63, 3.8) is 0 Å². The highest BCUT2D eigenvalue weighted by atomic mass is 32.2. The lowest BCUT2D eigenvalue weighted by atomic mass is 10.1. The van der Waals surface area contributed by atoms with Gasteiger partial charge in [-0.1, -0.05) is 0 Å². The van der Waals surface area contributed by atoms with E-state index in [2.05, 4.69) is 20.2 Å². The second-order valence-electron chi connectivity index (χ2n) is 10.2. The summed E-state index contributed by atoms with van der Waals surface area (Å²) in [6.07, 6.45) is 6.15. The molecule has 1 spiro atoms. The van der Waals surface area contributed by atoms with Crippen molar-refractivity contribution in [3.05, 3.63) is 41.6 Å². The summed E-state index contributed by atoms with van der Waals surface area (Å²) < 4.78 is 43.6. The van der Waals surface area contributed by atoms with E-state index in [-0.39, 0.29) is 27.8 Å². The van der Waals surface area contributed by atoms with Crippen LogP contribution in [0.1, 0.15) is 43.9 Å². The molecule has 0 atom stereocenters. The number of hydrogen-bond donors (Lipinski definition) is 1. The molecule has 9 nitrogen and oxygen atoms in total. The van der Waals surface area contributed by atoms with Crippen molar-refractivity contribution >= 4 is 27.4 Å². The molecule has 1 amide bonds. The molecule has 188 valence electrons. The molecule has 11 heteroatoms. The third kappa shape index (κ3) is 4.97. The molecule has 3 fully saturated rings. The summed E-state index contributed by atoms with van der Waals surface area (Å²) in [4.78, 5) is 25.5. The van der Waals surface area contributed by atoms with Crippen molar-refractivity contribution in [3.8, 4) is 0 Å². The first-order chi connectivity index (χ1) is 16.5. The lowest BCUT2D eigenvalue weighted by molar-refractivity contribution is 0.0167. The molecular formula is C24H30FN5O4S. The van der Waals surface area contributed by atoms with Crippen LogP contribution in [0.3, 0.4) is 0 Å². The van der Waals surface area contributed by atoms with E-state index in [1.54, 1.807) is 0 Å². The van der Waals surface area contributed by atoms with E-state index in [1.165, 1.54) is 18.5 Å². The fourth-order valence-electron chi connectivity index (χ4n) is 4.50. The van der Waals surface area contributed by atoms with Gasteiger partial charge in [-0.2, -0.15) is 0 Å². The zero-order chi connectivity index (χ0) is 25.0. The smallest absolute Gasteiger partial charge is 0.410 e. The number of hydrogen-bond acceptors (Lipinski definition) is 8. The van der Waals surface area contributed by atoms with E-state index in [1.807, 2.05) is 18.7 Å². The molecule has 1 N–H and O–H groups in total. The summed E-state index contributed by atoms with van der Waals surface area (Å²) in [5, 5.41) is 2.97. The van der Waals surface area contributed by atoms with E-state index in [4.69, 9.17) is 4.74 Å². The minimum absolute atomic E-state index is 0.0553. The molecule has 2 heterocycles. The minimum Gasteiger partial charge on any atom is -0.443 e. The molecule has 35 heavy (non-hydrogen) atoms. The van der Waals surface area contributed by atoms with Crippen LogP contribution in [0.2, 0.25) is 0 Å². The molecular weight excluding hydrogens is 473 g/mol. The lowest BCUT2D eigenvalue weighted by Gasteiger charge is -2.42. The van der Waals surface area contributed by atoms with Gasteiger partial charge in [-0.05, 0) is 57.7 Å². The van der Waals surface area contributed by atoms with Crippen LogP contribution in [0, 0.1) is 12.7 Å². The predicted octanol–water partition coefficient (Wildman–Crippen LogP) is 3.41. The monoisotopic (exact) mass is 503 g/mol. The van der Waals surface area contributed by atoms with E-state index < -0.39 is 15.7 Å². The summed E-state index contributed by atoms with van der Waals surface area (Å²) in [6, 6.07) is 3.76. The van der Waals surface area contributed by atoms with Crippen LogP contribution < -0.4 is 5.32 Å². The van der Waals surface area contributed by atoms with Crippen LogP contribution in [0.15, 0.2) is 29.4 Å². The second-order valence-corrected chi connectivity index (χ2v) is 12.2. The third-order valence-electron chi connectivity index (χ3n) is 7.32. The van der Waals surface area contributed by atoms with Crippen LogP contribution in [0.4, 0.5) is 20.7 Å². The number of carbonyl (C=O) groups excluding carboxylic acids is 1. The van der Waals surface area contributed by atoms with Crippen molar-refractivity contribution in [2.45, 2.75) is 62.1 Å². The van der Waals surface area contributed by atoms with Crippen molar-refractivity contribution in [2.24, 2.45) is 0 Å². The summed E-state index contributed by atoms with van der Waals surface area (Å²) in [7, 11) is -3.50. The number of ether oxygens (including phenoxy) is 1. The Bertz CT molecular complexity index is 1280. The highest BCUT2D eigenvalue weighted by Crippen LogP contribution is 2.46. The normalized spacial score (nSPS) is 20.5. The highest BCUT2D eigenvalue weighted by Gasteiger charge is 2.53. The quantitative estimate of drug-likeness (QED) is 0.640. The average Bonchev–Trinajstić information content (AvgIpc) is 3.72. The fraction of sp³-hybridized carbons (Fsp3) is 0.542. The first kappa shape index (κ1) is 23.9. The summed E-state index contributed by atoms with van der Waals surface area (Å²) in [6.45, 7) is 6.42. The van der Waals surface area contributed by atoms with Crippen LogP contribution in [0.5, 0.6) is 0 Å². The van der Waals surface area contributed by atoms with Gasteiger partial charge in [0, 0.05) is 43.5 Å². The molecule has 0 radical (unpaired) electrons. The summed E-state index contributed by atoms with van der Waals surface area (Å²) >= 11 is 0. The highest BCUT2D eigenvalue weighted by molar-refractivity contribution is 7.90. The number of anilines is 2. The summed E-state index contributed by atoms with van der Waals surface area (Å²) in [5.41, 5.74) is 1.42. The van der Waals surface area contributed by atoms with Crippen molar-refractivity contribution in [2.75, 3.05) is 31.2 Å². The van der Waals surface area contributed by atoms with Crippen LogP contribution >= 0.6 is 0 Å². The zero-order valence-corrected chi connectivity index (χ0v) is 21.0. The Morgan fingerprint density at radius 2 is 1.94 bits per heavy atom. The minimum atomic E-state index is -3.50. The molecule has 2 saturated carbocycles. The lowest BCUT2D eigenvalue weighted by Crippen LogP contribution is -2.56. The van der Waals surface area contributed by atoms with E-state index in [9.17, 15) is 17.6 Å². The number of nitrogens with one attached hydrogen (secondary N) is 1.